The van der Waals surface area contributed by atoms with Crippen LogP contribution in [0.1, 0.15) is 6.42 Å². The van der Waals surface area contributed by atoms with Crippen molar-refractivity contribution in [3.8, 4) is 0 Å². The number of ether oxygens (including phenoxy) is 1. The lowest BCUT2D eigenvalue weighted by Gasteiger charge is -2.17. The van der Waals surface area contributed by atoms with Gasteiger partial charge in [-0.1, -0.05) is 0 Å². The van der Waals surface area contributed by atoms with Crippen LogP contribution in [-0.2, 0) is 4.74 Å². The Morgan fingerprint density at radius 2 is 2.19 bits per heavy atom. The van der Waals surface area contributed by atoms with Gasteiger partial charge in [0.1, 0.15) is 0 Å². The third-order valence-electron chi connectivity index (χ3n) is 3.11. The normalized spacial score (nSPS) is 22.1. The highest BCUT2D eigenvalue weighted by molar-refractivity contribution is 4.75. The molecule has 0 amide bonds. The van der Waals surface area contributed by atoms with E-state index in [1.807, 2.05) is 0 Å². The second kappa shape index (κ2) is 8.01. The number of rotatable bonds is 8. The summed E-state index contributed by atoms with van der Waals surface area (Å²) in [5.74, 6) is 0.756. The fourth-order valence-corrected chi connectivity index (χ4v) is 2.15. The fourth-order valence-electron chi connectivity index (χ4n) is 2.15. The Morgan fingerprint density at radius 1 is 1.38 bits per heavy atom. The van der Waals surface area contributed by atoms with Crippen LogP contribution in [-0.4, -0.2) is 76.9 Å². The quantitative estimate of drug-likeness (QED) is 0.598. The van der Waals surface area contributed by atoms with Crippen LogP contribution in [0.2, 0.25) is 0 Å². The molecule has 1 aliphatic heterocycles. The van der Waals surface area contributed by atoms with Crippen LogP contribution in [0, 0.1) is 5.92 Å². The van der Waals surface area contributed by atoms with E-state index in [-0.39, 0.29) is 0 Å². The Bertz CT molecular complexity index is 176. The molecule has 0 aliphatic carbocycles. The van der Waals surface area contributed by atoms with Crippen LogP contribution < -0.4 is 5.32 Å². The first-order valence-electron chi connectivity index (χ1n) is 6.29. The topological polar surface area (TPSA) is 27.7 Å². The van der Waals surface area contributed by atoms with Crippen LogP contribution in [0.5, 0.6) is 0 Å². The van der Waals surface area contributed by atoms with Crippen molar-refractivity contribution in [3.63, 3.8) is 0 Å². The van der Waals surface area contributed by atoms with Crippen molar-refractivity contribution < 1.29 is 4.74 Å². The largest absolute Gasteiger partial charge is 0.384 e. The van der Waals surface area contributed by atoms with Crippen LogP contribution in [0.3, 0.4) is 0 Å². The lowest BCUT2D eigenvalue weighted by atomic mass is 10.1. The average Bonchev–Trinajstić information content (AvgIpc) is 2.65. The molecule has 1 aliphatic rings. The first-order chi connectivity index (χ1) is 7.72. The first kappa shape index (κ1) is 13.9. The monoisotopic (exact) mass is 229 g/mol. The van der Waals surface area contributed by atoms with Gasteiger partial charge >= 0.3 is 0 Å². The molecule has 0 aromatic heterocycles. The number of likely N-dealkylation sites (tertiary alicyclic amines) is 1. The average molecular weight is 229 g/mol. The van der Waals surface area contributed by atoms with E-state index in [4.69, 9.17) is 4.74 Å². The van der Waals surface area contributed by atoms with E-state index >= 15 is 0 Å². The Balaban J connectivity index is 1.94. The number of likely N-dealkylation sites (N-methyl/N-ethyl adjacent to an activating group) is 1. The van der Waals surface area contributed by atoms with E-state index in [1.165, 1.54) is 26.1 Å². The Morgan fingerprint density at radius 3 is 2.88 bits per heavy atom. The minimum atomic E-state index is 0.756. The lowest BCUT2D eigenvalue weighted by molar-refractivity contribution is 0.153. The Hall–Kier alpha value is -0.160. The molecule has 0 aromatic rings. The van der Waals surface area contributed by atoms with Crippen LogP contribution >= 0.6 is 0 Å². The summed E-state index contributed by atoms with van der Waals surface area (Å²) < 4.78 is 5.20. The zero-order chi connectivity index (χ0) is 11.8. The number of hydrogen-bond acceptors (Lipinski definition) is 4. The van der Waals surface area contributed by atoms with Crippen molar-refractivity contribution >= 4 is 0 Å². The lowest BCUT2D eigenvalue weighted by Crippen LogP contribution is -2.34. The Kier molecular flexibility index (Phi) is 6.96. The summed E-state index contributed by atoms with van der Waals surface area (Å²) >= 11 is 0. The number of hydrogen-bond donors (Lipinski definition) is 1. The van der Waals surface area contributed by atoms with Crippen molar-refractivity contribution in [2.45, 2.75) is 6.42 Å². The van der Waals surface area contributed by atoms with E-state index in [0.29, 0.717) is 0 Å². The predicted octanol–water partition coefficient (Wildman–Crippen LogP) is 0.106. The van der Waals surface area contributed by atoms with Crippen molar-refractivity contribution in [2.24, 2.45) is 5.92 Å². The maximum absolute atomic E-state index is 5.20. The molecule has 1 saturated heterocycles. The molecule has 0 radical (unpaired) electrons. The summed E-state index contributed by atoms with van der Waals surface area (Å²) in [7, 11) is 6.01. The van der Waals surface area contributed by atoms with Gasteiger partial charge in [0.2, 0.25) is 0 Å². The third kappa shape index (κ3) is 5.80. The standard InChI is InChI=1S/C12H27N3O/c1-14(2)8-5-13-6-9-15-7-4-12(10-15)11-16-3/h12-13H,4-11H2,1-3H3. The second-order valence-corrected chi connectivity index (χ2v) is 4.96. The molecule has 1 heterocycles. The second-order valence-electron chi connectivity index (χ2n) is 4.96. The van der Waals surface area contributed by atoms with Crippen molar-refractivity contribution in [2.75, 3.05) is 67.1 Å². The van der Waals surface area contributed by atoms with Gasteiger partial charge in [0.15, 0.2) is 0 Å². The number of nitrogens with one attached hydrogen (secondary N) is 1. The summed E-state index contributed by atoms with van der Waals surface area (Å²) in [4.78, 5) is 4.74. The highest BCUT2D eigenvalue weighted by Gasteiger charge is 2.21. The van der Waals surface area contributed by atoms with Crippen molar-refractivity contribution in [1.29, 1.82) is 0 Å². The highest BCUT2D eigenvalue weighted by Crippen LogP contribution is 2.15. The minimum absolute atomic E-state index is 0.756. The molecular formula is C12H27N3O. The molecule has 1 N–H and O–H groups in total. The Labute approximate surface area is 99.9 Å². The molecular weight excluding hydrogens is 202 g/mol. The molecule has 0 bridgehead atoms. The zero-order valence-corrected chi connectivity index (χ0v) is 11.0. The van der Waals surface area contributed by atoms with Gasteiger partial charge in [-0.2, -0.15) is 0 Å². The van der Waals surface area contributed by atoms with E-state index in [0.717, 1.165) is 32.2 Å². The van der Waals surface area contributed by atoms with Gasteiger partial charge in [-0.15, -0.1) is 0 Å². The molecule has 0 saturated carbocycles. The van der Waals surface area contributed by atoms with Gasteiger partial charge in [-0.05, 0) is 33.0 Å². The summed E-state index contributed by atoms with van der Waals surface area (Å²) in [6, 6.07) is 0. The maximum atomic E-state index is 5.20. The predicted molar refractivity (Wildman–Crippen MR) is 67.8 cm³/mol. The molecule has 16 heavy (non-hydrogen) atoms. The highest BCUT2D eigenvalue weighted by atomic mass is 16.5. The van der Waals surface area contributed by atoms with Crippen molar-refractivity contribution in [1.82, 2.24) is 15.1 Å². The molecule has 0 spiro atoms. The van der Waals surface area contributed by atoms with Gasteiger partial charge in [-0.25, -0.2) is 0 Å². The van der Waals surface area contributed by atoms with Gasteiger partial charge < -0.3 is 19.9 Å². The minimum Gasteiger partial charge on any atom is -0.384 e. The SMILES string of the molecule is COCC1CCN(CCNCCN(C)C)C1. The molecule has 96 valence electrons. The number of methoxy groups -OCH3 is 1. The van der Waals surface area contributed by atoms with E-state index in [9.17, 15) is 0 Å². The van der Waals surface area contributed by atoms with Gasteiger partial charge in [0, 0.05) is 39.8 Å². The van der Waals surface area contributed by atoms with Crippen LogP contribution in [0.25, 0.3) is 0 Å². The van der Waals surface area contributed by atoms with E-state index < -0.39 is 0 Å². The smallest absolute Gasteiger partial charge is 0.0503 e. The van der Waals surface area contributed by atoms with Gasteiger partial charge in [-0.3, -0.25) is 0 Å². The summed E-state index contributed by atoms with van der Waals surface area (Å²) in [5, 5.41) is 3.48. The third-order valence-corrected chi connectivity index (χ3v) is 3.11. The summed E-state index contributed by atoms with van der Waals surface area (Å²) in [5.41, 5.74) is 0. The van der Waals surface area contributed by atoms with Crippen LogP contribution in [0.4, 0.5) is 0 Å². The fraction of sp³-hybridized carbons (Fsp3) is 1.00. The molecule has 4 nitrogen and oxygen atoms in total. The molecule has 1 fully saturated rings. The molecule has 0 aromatic carbocycles. The first-order valence-corrected chi connectivity index (χ1v) is 6.29. The molecule has 1 unspecified atom stereocenters. The van der Waals surface area contributed by atoms with Crippen molar-refractivity contribution in [3.05, 3.63) is 0 Å². The summed E-state index contributed by atoms with van der Waals surface area (Å²) in [6.45, 7) is 7.85. The number of nitrogens with zero attached hydrogens (tertiary/aromatic N) is 2. The van der Waals surface area contributed by atoms with Crippen LogP contribution in [0.15, 0.2) is 0 Å². The van der Waals surface area contributed by atoms with Gasteiger partial charge in [0.25, 0.3) is 0 Å². The molecule has 1 rings (SSSR count). The summed E-state index contributed by atoms with van der Waals surface area (Å²) in [6.07, 6.45) is 1.30. The van der Waals surface area contributed by atoms with Gasteiger partial charge in [0.05, 0.1) is 6.61 Å². The zero-order valence-electron chi connectivity index (χ0n) is 11.0. The molecule has 1 atom stereocenters. The van der Waals surface area contributed by atoms with E-state index in [1.54, 1.807) is 7.11 Å². The van der Waals surface area contributed by atoms with E-state index in [2.05, 4.69) is 29.2 Å². The molecule has 4 heteroatoms. The maximum Gasteiger partial charge on any atom is 0.0503 e.